The molecular formula is C20H19Cl2N5O2. The first-order valence-electron chi connectivity index (χ1n) is 9.43. The van der Waals surface area contributed by atoms with Crippen LogP contribution in [0.2, 0.25) is 10.0 Å². The van der Waals surface area contributed by atoms with E-state index in [1.807, 2.05) is 11.0 Å². The third kappa shape index (κ3) is 3.59. The van der Waals surface area contributed by atoms with Crippen molar-refractivity contribution in [3.63, 3.8) is 0 Å². The Hall–Kier alpha value is -2.56. The molecule has 2 aromatic rings. The van der Waals surface area contributed by atoms with E-state index in [2.05, 4.69) is 22.2 Å². The summed E-state index contributed by atoms with van der Waals surface area (Å²) in [5, 5.41) is 13.0. The van der Waals surface area contributed by atoms with E-state index >= 15 is 0 Å². The molecule has 0 bridgehead atoms. The third-order valence-corrected chi connectivity index (χ3v) is 6.07. The molecule has 1 amide bonds. The zero-order valence-corrected chi connectivity index (χ0v) is 17.2. The number of aromatic amines is 1. The van der Waals surface area contributed by atoms with Crippen LogP contribution in [0.1, 0.15) is 36.8 Å². The highest BCUT2D eigenvalue weighted by atomic mass is 35.5. The molecule has 0 aliphatic carbocycles. The molecule has 0 spiro atoms. The molecule has 1 fully saturated rings. The monoisotopic (exact) mass is 431 g/mol. The van der Waals surface area contributed by atoms with Crippen molar-refractivity contribution in [3.05, 3.63) is 49.7 Å². The van der Waals surface area contributed by atoms with Crippen LogP contribution in [0.25, 0.3) is 0 Å². The molecule has 2 aliphatic heterocycles. The van der Waals surface area contributed by atoms with E-state index in [-0.39, 0.29) is 22.0 Å². The van der Waals surface area contributed by atoms with Crippen molar-refractivity contribution in [1.82, 2.24) is 9.97 Å². The summed E-state index contributed by atoms with van der Waals surface area (Å²) in [6.45, 7) is 3.72. The van der Waals surface area contributed by atoms with Gasteiger partial charge in [0.1, 0.15) is 11.7 Å². The fraction of sp³-hybridized carbons (Fsp3) is 0.400. The summed E-state index contributed by atoms with van der Waals surface area (Å²) in [4.78, 5) is 35.1. The van der Waals surface area contributed by atoms with E-state index in [9.17, 15) is 14.9 Å². The van der Waals surface area contributed by atoms with Gasteiger partial charge >= 0.3 is 0 Å². The number of carbonyl (C=O) groups is 1. The lowest BCUT2D eigenvalue weighted by atomic mass is 9.79. The smallest absolute Gasteiger partial charge is 0.258 e. The van der Waals surface area contributed by atoms with Gasteiger partial charge in [-0.25, -0.2) is 0 Å². The van der Waals surface area contributed by atoms with Gasteiger partial charge in [-0.1, -0.05) is 36.2 Å². The Morgan fingerprint density at radius 2 is 2.10 bits per heavy atom. The maximum Gasteiger partial charge on any atom is 0.258 e. The molecule has 2 aliphatic rings. The molecule has 1 saturated heterocycles. The Balaban J connectivity index is 1.85. The molecule has 29 heavy (non-hydrogen) atoms. The number of anilines is 2. The highest BCUT2D eigenvalue weighted by molar-refractivity contribution is 6.35. The second kappa shape index (κ2) is 7.69. The Morgan fingerprint density at radius 3 is 2.79 bits per heavy atom. The molecule has 3 atom stereocenters. The van der Waals surface area contributed by atoms with E-state index in [1.165, 1.54) is 6.07 Å². The Labute approximate surface area is 177 Å². The standard InChI is InChI=1S/C20H19Cl2N5O2/c1-10-3-2-6-27(9-10)20-25-17-16(19(29)26-20)15(13(8-23)18(28)24-17)12-5-4-11(21)7-14(12)22/h4-5,7,10,13,15H,2-3,6,9H2,1H3,(H2,24,25,26,28,29). The maximum atomic E-state index is 13.1. The number of hydrogen-bond donors (Lipinski definition) is 2. The largest absolute Gasteiger partial charge is 0.342 e. The number of hydrogen-bond acceptors (Lipinski definition) is 5. The number of aromatic nitrogens is 2. The minimum Gasteiger partial charge on any atom is -0.342 e. The number of fused-ring (bicyclic) bond motifs is 1. The first-order chi connectivity index (χ1) is 13.9. The number of halogens is 2. The first-order valence-corrected chi connectivity index (χ1v) is 10.2. The molecule has 2 N–H and O–H groups in total. The molecule has 1 aromatic carbocycles. The van der Waals surface area contributed by atoms with Gasteiger partial charge in [-0.15, -0.1) is 0 Å². The summed E-state index contributed by atoms with van der Waals surface area (Å²) in [6, 6.07) is 6.79. The van der Waals surface area contributed by atoms with Gasteiger partial charge in [-0.3, -0.25) is 14.6 Å². The summed E-state index contributed by atoms with van der Waals surface area (Å²) in [5.41, 5.74) is 0.332. The maximum absolute atomic E-state index is 13.1. The van der Waals surface area contributed by atoms with Crippen molar-refractivity contribution >= 4 is 40.9 Å². The van der Waals surface area contributed by atoms with Crippen LogP contribution < -0.4 is 15.8 Å². The van der Waals surface area contributed by atoms with Crippen molar-refractivity contribution < 1.29 is 4.79 Å². The number of nitriles is 1. The normalized spacial score (nSPS) is 23.9. The third-order valence-electron chi connectivity index (χ3n) is 5.50. The molecule has 0 radical (unpaired) electrons. The van der Waals surface area contributed by atoms with E-state index in [4.69, 9.17) is 23.2 Å². The molecule has 3 heterocycles. The van der Waals surface area contributed by atoms with Crippen molar-refractivity contribution in [3.8, 4) is 6.07 Å². The lowest BCUT2D eigenvalue weighted by Crippen LogP contribution is -2.41. The SMILES string of the molecule is CC1CCCN(c2nc3c(c(=O)[nH]2)C(c2ccc(Cl)cc2Cl)C(C#N)C(=O)N3)C1. The van der Waals surface area contributed by atoms with Gasteiger partial charge in [-0.05, 0) is 36.5 Å². The van der Waals surface area contributed by atoms with E-state index in [0.717, 1.165) is 25.9 Å². The van der Waals surface area contributed by atoms with Gasteiger partial charge in [0, 0.05) is 29.1 Å². The number of piperidine rings is 1. The van der Waals surface area contributed by atoms with E-state index < -0.39 is 17.7 Å². The fourth-order valence-electron chi connectivity index (χ4n) is 4.12. The number of carbonyl (C=O) groups excluding carboxylic acids is 1. The summed E-state index contributed by atoms with van der Waals surface area (Å²) in [7, 11) is 0. The Kier molecular flexibility index (Phi) is 5.24. The fourth-order valence-corrected chi connectivity index (χ4v) is 4.65. The van der Waals surface area contributed by atoms with Crippen molar-refractivity contribution in [2.45, 2.75) is 25.7 Å². The zero-order valence-electron chi connectivity index (χ0n) is 15.7. The summed E-state index contributed by atoms with van der Waals surface area (Å²) >= 11 is 12.3. The second-order valence-corrected chi connectivity index (χ2v) is 8.43. The minimum atomic E-state index is -1.11. The lowest BCUT2D eigenvalue weighted by Gasteiger charge is -2.33. The van der Waals surface area contributed by atoms with Crippen LogP contribution in [0.4, 0.5) is 11.8 Å². The lowest BCUT2D eigenvalue weighted by molar-refractivity contribution is -0.119. The van der Waals surface area contributed by atoms with Gasteiger partial charge in [-0.2, -0.15) is 10.2 Å². The summed E-state index contributed by atoms with van der Waals surface area (Å²) in [5.74, 6) is -1.36. The molecule has 1 aromatic heterocycles. The van der Waals surface area contributed by atoms with Crippen molar-refractivity contribution in [2.75, 3.05) is 23.3 Å². The van der Waals surface area contributed by atoms with Gasteiger partial charge in [0.15, 0.2) is 0 Å². The van der Waals surface area contributed by atoms with Gasteiger partial charge in [0.25, 0.3) is 5.56 Å². The van der Waals surface area contributed by atoms with Crippen molar-refractivity contribution in [1.29, 1.82) is 5.26 Å². The molecular weight excluding hydrogens is 413 g/mol. The van der Waals surface area contributed by atoms with Gasteiger partial charge in [0.05, 0.1) is 11.6 Å². The van der Waals surface area contributed by atoms with Crippen LogP contribution in [-0.2, 0) is 4.79 Å². The van der Waals surface area contributed by atoms with Gasteiger partial charge in [0.2, 0.25) is 11.9 Å². The number of benzene rings is 1. The van der Waals surface area contributed by atoms with Crippen LogP contribution in [0.3, 0.4) is 0 Å². The summed E-state index contributed by atoms with van der Waals surface area (Å²) in [6.07, 6.45) is 2.14. The average molecular weight is 432 g/mol. The van der Waals surface area contributed by atoms with Crippen LogP contribution >= 0.6 is 23.2 Å². The van der Waals surface area contributed by atoms with E-state index in [0.29, 0.717) is 22.5 Å². The molecule has 7 nitrogen and oxygen atoms in total. The summed E-state index contributed by atoms with van der Waals surface area (Å²) < 4.78 is 0. The van der Waals surface area contributed by atoms with Crippen LogP contribution in [0, 0.1) is 23.2 Å². The highest BCUT2D eigenvalue weighted by Crippen LogP contribution is 2.41. The minimum absolute atomic E-state index is 0.175. The van der Waals surface area contributed by atoms with Gasteiger partial charge < -0.3 is 10.2 Å². The Bertz CT molecular complexity index is 1080. The number of amides is 1. The predicted octanol–water partition coefficient (Wildman–Crippen LogP) is 3.54. The van der Waals surface area contributed by atoms with Crippen LogP contribution in [0.5, 0.6) is 0 Å². The molecule has 3 unspecified atom stereocenters. The highest BCUT2D eigenvalue weighted by Gasteiger charge is 2.41. The van der Waals surface area contributed by atoms with Crippen LogP contribution in [0.15, 0.2) is 23.0 Å². The average Bonchev–Trinajstić information content (AvgIpc) is 2.67. The first kappa shape index (κ1) is 19.7. The molecule has 150 valence electrons. The number of H-pyrrole nitrogens is 1. The zero-order chi connectivity index (χ0) is 20.7. The number of rotatable bonds is 2. The number of nitrogens with one attached hydrogen (secondary N) is 2. The van der Waals surface area contributed by atoms with Crippen LogP contribution in [-0.4, -0.2) is 29.0 Å². The molecule has 0 saturated carbocycles. The quantitative estimate of drug-likeness (QED) is 0.756. The predicted molar refractivity (Wildman–Crippen MR) is 112 cm³/mol. The Morgan fingerprint density at radius 1 is 1.31 bits per heavy atom. The second-order valence-electron chi connectivity index (χ2n) is 7.58. The van der Waals surface area contributed by atoms with E-state index in [1.54, 1.807) is 12.1 Å². The molecule has 9 heteroatoms. The number of nitrogens with zero attached hydrogens (tertiary/aromatic N) is 3. The topological polar surface area (TPSA) is 102 Å². The molecule has 4 rings (SSSR count). The van der Waals surface area contributed by atoms with Crippen molar-refractivity contribution in [2.24, 2.45) is 11.8 Å².